The Kier molecular flexibility index (Phi) is 5.68. The number of methoxy groups -OCH3 is 1. The van der Waals surface area contributed by atoms with E-state index >= 15 is 0 Å². The van der Waals surface area contributed by atoms with Crippen molar-refractivity contribution in [2.75, 3.05) is 12.4 Å². The van der Waals surface area contributed by atoms with Gasteiger partial charge in [0.15, 0.2) is 10.9 Å². The molecule has 148 valence electrons. The third kappa shape index (κ3) is 4.14. The van der Waals surface area contributed by atoms with Crippen LogP contribution in [0.25, 0.3) is 11.3 Å². The van der Waals surface area contributed by atoms with Crippen LogP contribution in [0.15, 0.2) is 84.2 Å². The Hall–Kier alpha value is -3.77. The van der Waals surface area contributed by atoms with Crippen LogP contribution in [0, 0.1) is 0 Å². The summed E-state index contributed by atoms with van der Waals surface area (Å²) in [6.45, 7) is 0. The van der Waals surface area contributed by atoms with Gasteiger partial charge in [0.05, 0.1) is 12.8 Å². The number of nitrogens with zero attached hydrogens (tertiary/aromatic N) is 1. The Morgan fingerprint density at radius 2 is 1.57 bits per heavy atom. The Bertz CT molecular complexity index is 1200. The monoisotopic (exact) mass is 414 g/mol. The second-order valence-corrected chi connectivity index (χ2v) is 7.33. The number of hydrogen-bond donors (Lipinski definition) is 1. The van der Waals surface area contributed by atoms with Crippen LogP contribution in [0.1, 0.15) is 26.3 Å². The summed E-state index contributed by atoms with van der Waals surface area (Å²) in [5.41, 5.74) is 3.01. The van der Waals surface area contributed by atoms with Crippen LogP contribution in [0.4, 0.5) is 5.13 Å². The van der Waals surface area contributed by atoms with E-state index in [1.54, 1.807) is 43.5 Å². The Balaban J connectivity index is 1.53. The largest absolute Gasteiger partial charge is 0.496 e. The van der Waals surface area contributed by atoms with Gasteiger partial charge in [-0.2, -0.15) is 0 Å². The average Bonchev–Trinajstić information content (AvgIpc) is 3.27. The lowest BCUT2D eigenvalue weighted by Crippen LogP contribution is -2.13. The third-order valence-electron chi connectivity index (χ3n) is 4.53. The molecule has 0 aliphatic carbocycles. The van der Waals surface area contributed by atoms with E-state index in [9.17, 15) is 9.59 Å². The molecule has 1 aromatic heterocycles. The number of aromatic nitrogens is 1. The van der Waals surface area contributed by atoms with Gasteiger partial charge in [0.25, 0.3) is 5.91 Å². The van der Waals surface area contributed by atoms with Gasteiger partial charge in [0, 0.05) is 27.6 Å². The Morgan fingerprint density at radius 3 is 2.37 bits per heavy atom. The van der Waals surface area contributed by atoms with Crippen molar-refractivity contribution in [3.8, 4) is 17.0 Å². The van der Waals surface area contributed by atoms with E-state index in [4.69, 9.17) is 4.74 Å². The molecule has 30 heavy (non-hydrogen) atoms. The predicted molar refractivity (Wildman–Crippen MR) is 118 cm³/mol. The molecule has 4 aromatic rings. The van der Waals surface area contributed by atoms with Crippen molar-refractivity contribution in [2.24, 2.45) is 0 Å². The molecular formula is C24H18N2O3S. The molecule has 0 aliphatic rings. The number of rotatable bonds is 6. The molecule has 0 aliphatic heterocycles. The van der Waals surface area contributed by atoms with E-state index in [0.29, 0.717) is 27.6 Å². The molecule has 1 heterocycles. The predicted octanol–water partition coefficient (Wildman–Crippen LogP) is 5.30. The molecule has 6 heteroatoms. The van der Waals surface area contributed by atoms with Crippen molar-refractivity contribution in [3.63, 3.8) is 0 Å². The molecule has 1 N–H and O–H groups in total. The van der Waals surface area contributed by atoms with E-state index < -0.39 is 0 Å². The first-order valence-corrected chi connectivity index (χ1v) is 10.1. The number of carbonyl (C=O) groups excluding carboxylic acids is 2. The van der Waals surface area contributed by atoms with E-state index in [1.165, 1.54) is 11.3 Å². The van der Waals surface area contributed by atoms with E-state index in [0.717, 1.165) is 11.3 Å². The molecule has 0 spiro atoms. The number of ether oxygens (including phenoxy) is 1. The number of nitrogens with one attached hydrogen (secondary N) is 1. The molecular weight excluding hydrogens is 396 g/mol. The van der Waals surface area contributed by atoms with Gasteiger partial charge in [-0.15, -0.1) is 11.3 Å². The molecule has 0 unspecified atom stereocenters. The summed E-state index contributed by atoms with van der Waals surface area (Å²) in [6.07, 6.45) is 0. The maximum atomic E-state index is 12.7. The topological polar surface area (TPSA) is 68.3 Å². The van der Waals surface area contributed by atoms with Crippen LogP contribution >= 0.6 is 11.3 Å². The quantitative estimate of drug-likeness (QED) is 0.435. The molecule has 0 fully saturated rings. The van der Waals surface area contributed by atoms with Crippen molar-refractivity contribution >= 4 is 28.2 Å². The van der Waals surface area contributed by atoms with Gasteiger partial charge < -0.3 is 4.74 Å². The number of thiazole rings is 1. The second-order valence-electron chi connectivity index (χ2n) is 6.47. The fraction of sp³-hybridized carbons (Fsp3) is 0.0417. The number of anilines is 1. The van der Waals surface area contributed by atoms with Gasteiger partial charge in [0.2, 0.25) is 0 Å². The minimum absolute atomic E-state index is 0.127. The first-order chi connectivity index (χ1) is 14.7. The fourth-order valence-corrected chi connectivity index (χ4v) is 3.74. The number of para-hydroxylation sites is 1. The standard InChI is InChI=1S/C24H18N2O3S/c1-29-21-13-6-5-12-19(21)20-15-30-24(25-20)26-23(28)18-11-7-10-17(14-18)22(27)16-8-3-2-4-9-16/h2-15H,1H3,(H,25,26,28). The number of benzene rings is 3. The Morgan fingerprint density at radius 1 is 0.867 bits per heavy atom. The lowest BCUT2D eigenvalue weighted by molar-refractivity contribution is 0.102. The SMILES string of the molecule is COc1ccccc1-c1csc(NC(=O)c2cccc(C(=O)c3ccccc3)c2)n1. The fourth-order valence-electron chi connectivity index (χ4n) is 3.04. The van der Waals surface area contributed by atoms with Crippen molar-refractivity contribution in [1.29, 1.82) is 0 Å². The summed E-state index contributed by atoms with van der Waals surface area (Å²) in [6, 6.07) is 23.2. The number of ketones is 1. The molecule has 4 rings (SSSR count). The zero-order chi connectivity index (χ0) is 20.9. The molecule has 0 atom stereocenters. The Labute approximate surface area is 178 Å². The lowest BCUT2D eigenvalue weighted by atomic mass is 10.0. The first kappa shape index (κ1) is 19.5. The van der Waals surface area contributed by atoms with E-state index in [-0.39, 0.29) is 11.7 Å². The molecule has 1 amide bonds. The summed E-state index contributed by atoms with van der Waals surface area (Å²) < 4.78 is 5.38. The molecule has 0 radical (unpaired) electrons. The highest BCUT2D eigenvalue weighted by molar-refractivity contribution is 7.14. The van der Waals surface area contributed by atoms with Crippen LogP contribution in [0.5, 0.6) is 5.75 Å². The number of carbonyl (C=O) groups is 2. The van der Waals surface area contributed by atoms with Gasteiger partial charge in [-0.3, -0.25) is 14.9 Å². The minimum Gasteiger partial charge on any atom is -0.496 e. The third-order valence-corrected chi connectivity index (χ3v) is 5.29. The zero-order valence-corrected chi connectivity index (χ0v) is 17.0. The van der Waals surface area contributed by atoms with Crippen molar-refractivity contribution < 1.29 is 14.3 Å². The molecule has 5 nitrogen and oxygen atoms in total. The van der Waals surface area contributed by atoms with Crippen molar-refractivity contribution in [2.45, 2.75) is 0 Å². The number of hydrogen-bond acceptors (Lipinski definition) is 5. The summed E-state index contributed by atoms with van der Waals surface area (Å²) in [5, 5.41) is 5.14. The average molecular weight is 414 g/mol. The maximum absolute atomic E-state index is 12.7. The molecule has 0 bridgehead atoms. The smallest absolute Gasteiger partial charge is 0.257 e. The summed E-state index contributed by atoms with van der Waals surface area (Å²) in [7, 11) is 1.61. The van der Waals surface area contributed by atoms with Crippen LogP contribution in [-0.2, 0) is 0 Å². The van der Waals surface area contributed by atoms with Gasteiger partial charge in [-0.1, -0.05) is 54.6 Å². The molecule has 0 saturated carbocycles. The van der Waals surface area contributed by atoms with Crippen molar-refractivity contribution in [3.05, 3.63) is 101 Å². The van der Waals surface area contributed by atoms with Crippen molar-refractivity contribution in [1.82, 2.24) is 4.98 Å². The van der Waals surface area contributed by atoms with E-state index in [2.05, 4.69) is 10.3 Å². The number of amides is 1. The highest BCUT2D eigenvalue weighted by Gasteiger charge is 2.15. The van der Waals surface area contributed by atoms with Crippen LogP contribution in [0.2, 0.25) is 0 Å². The van der Waals surface area contributed by atoms with Gasteiger partial charge in [-0.25, -0.2) is 4.98 Å². The van der Waals surface area contributed by atoms with Gasteiger partial charge in [-0.05, 0) is 24.3 Å². The van der Waals surface area contributed by atoms with Gasteiger partial charge in [0.1, 0.15) is 5.75 Å². The van der Waals surface area contributed by atoms with Crippen LogP contribution < -0.4 is 10.1 Å². The lowest BCUT2D eigenvalue weighted by Gasteiger charge is -2.06. The van der Waals surface area contributed by atoms with Gasteiger partial charge >= 0.3 is 0 Å². The normalized spacial score (nSPS) is 10.4. The van der Waals surface area contributed by atoms with Crippen LogP contribution in [-0.4, -0.2) is 23.8 Å². The maximum Gasteiger partial charge on any atom is 0.257 e. The molecule has 3 aromatic carbocycles. The summed E-state index contributed by atoms with van der Waals surface area (Å²) in [5.74, 6) is 0.268. The second kappa shape index (κ2) is 8.71. The highest BCUT2D eigenvalue weighted by Crippen LogP contribution is 2.32. The van der Waals surface area contributed by atoms with E-state index in [1.807, 2.05) is 47.8 Å². The zero-order valence-electron chi connectivity index (χ0n) is 16.2. The van der Waals surface area contributed by atoms with Crippen LogP contribution in [0.3, 0.4) is 0 Å². The first-order valence-electron chi connectivity index (χ1n) is 9.26. The summed E-state index contributed by atoms with van der Waals surface area (Å²) in [4.78, 5) is 29.9. The summed E-state index contributed by atoms with van der Waals surface area (Å²) >= 11 is 1.33. The minimum atomic E-state index is -0.321. The molecule has 0 saturated heterocycles. The highest BCUT2D eigenvalue weighted by atomic mass is 32.1.